The van der Waals surface area contributed by atoms with Crippen LogP contribution in [0, 0.1) is 17.8 Å². The lowest BCUT2D eigenvalue weighted by atomic mass is 9.65. The Morgan fingerprint density at radius 3 is 2.73 bits per heavy atom. The minimum Gasteiger partial charge on any atom is -0.338 e. The highest BCUT2D eigenvalue weighted by molar-refractivity contribution is 7.99. The van der Waals surface area contributed by atoms with Gasteiger partial charge in [-0.1, -0.05) is 32.5 Å². The van der Waals surface area contributed by atoms with Gasteiger partial charge in [0.2, 0.25) is 11.1 Å². The van der Waals surface area contributed by atoms with Crippen LogP contribution in [0.3, 0.4) is 0 Å². The van der Waals surface area contributed by atoms with E-state index in [4.69, 9.17) is 5.84 Å². The maximum Gasteiger partial charge on any atom is 0.233 e. The third-order valence-electron chi connectivity index (χ3n) is 4.89. The van der Waals surface area contributed by atoms with E-state index in [1.165, 1.54) is 22.9 Å². The van der Waals surface area contributed by atoms with Crippen molar-refractivity contribution in [3.63, 3.8) is 0 Å². The topological polar surface area (TPSA) is 77.0 Å². The van der Waals surface area contributed by atoms with Gasteiger partial charge in [-0.05, 0) is 37.0 Å². The quantitative estimate of drug-likeness (QED) is 0.678. The standard InChI is InChI=1S/C15H25N5OS/c1-10-17-18-13(20(10)16)22-7-12(21)19-9-15(4)6-11(19)5-14(2,3)8-15/h11H,5-9,16H2,1-4H3/t11-,15-/m1/s1. The lowest BCUT2D eigenvalue weighted by Crippen LogP contribution is -2.38. The third-order valence-corrected chi connectivity index (χ3v) is 5.82. The van der Waals surface area contributed by atoms with Crippen LogP contribution in [0.2, 0.25) is 0 Å². The lowest BCUT2D eigenvalue weighted by molar-refractivity contribution is -0.129. The van der Waals surface area contributed by atoms with Crippen molar-refractivity contribution in [3.05, 3.63) is 5.82 Å². The summed E-state index contributed by atoms with van der Waals surface area (Å²) in [6, 6.07) is 0.388. The fourth-order valence-electron chi connectivity index (χ4n) is 4.41. The number of nitrogen functional groups attached to an aromatic ring is 1. The van der Waals surface area contributed by atoms with Gasteiger partial charge >= 0.3 is 0 Å². The summed E-state index contributed by atoms with van der Waals surface area (Å²) in [6.07, 6.45) is 3.44. The molecule has 1 aromatic rings. The molecule has 1 aliphatic carbocycles. The van der Waals surface area contributed by atoms with Crippen LogP contribution in [0.4, 0.5) is 0 Å². The minimum atomic E-state index is 0.192. The highest BCUT2D eigenvalue weighted by Crippen LogP contribution is 2.52. The molecule has 22 heavy (non-hydrogen) atoms. The summed E-state index contributed by atoms with van der Waals surface area (Å²) in [4.78, 5) is 14.7. The molecule has 1 aliphatic heterocycles. The minimum absolute atomic E-state index is 0.192. The molecule has 7 heteroatoms. The number of amides is 1. The number of carbonyl (C=O) groups excluding carboxylic acids is 1. The van der Waals surface area contributed by atoms with Crippen LogP contribution in [-0.4, -0.2) is 44.0 Å². The summed E-state index contributed by atoms with van der Waals surface area (Å²) in [5.41, 5.74) is 0.603. The molecule has 2 aliphatic rings. The van der Waals surface area contributed by atoms with Crippen LogP contribution in [0.15, 0.2) is 5.16 Å². The Morgan fingerprint density at radius 2 is 2.09 bits per heavy atom. The number of fused-ring (bicyclic) bond motifs is 2. The Bertz CT molecular complexity index is 599. The van der Waals surface area contributed by atoms with Gasteiger partial charge < -0.3 is 10.7 Å². The van der Waals surface area contributed by atoms with Crippen molar-refractivity contribution in [1.29, 1.82) is 0 Å². The molecule has 2 bridgehead atoms. The molecule has 2 fully saturated rings. The summed E-state index contributed by atoms with van der Waals surface area (Å²) in [6.45, 7) is 9.64. The monoisotopic (exact) mass is 323 g/mol. The smallest absolute Gasteiger partial charge is 0.233 e. The van der Waals surface area contributed by atoms with E-state index in [0.29, 0.717) is 28.2 Å². The first-order valence-electron chi connectivity index (χ1n) is 7.79. The Morgan fingerprint density at radius 1 is 1.36 bits per heavy atom. The largest absolute Gasteiger partial charge is 0.338 e. The van der Waals surface area contributed by atoms with E-state index in [1.807, 2.05) is 0 Å². The molecular weight excluding hydrogens is 298 g/mol. The molecule has 0 spiro atoms. The highest BCUT2D eigenvalue weighted by Gasteiger charge is 2.50. The first-order chi connectivity index (χ1) is 10.2. The summed E-state index contributed by atoms with van der Waals surface area (Å²) < 4.78 is 1.44. The number of nitrogens with two attached hydrogens (primary N) is 1. The molecule has 0 radical (unpaired) electrons. The Labute approximate surface area is 135 Å². The average Bonchev–Trinajstić information content (AvgIpc) is 2.84. The zero-order valence-electron chi connectivity index (χ0n) is 13.8. The van der Waals surface area contributed by atoms with E-state index in [0.717, 1.165) is 19.4 Å². The van der Waals surface area contributed by atoms with Crippen LogP contribution in [0.5, 0.6) is 0 Å². The number of hydrogen-bond acceptors (Lipinski definition) is 5. The Hall–Kier alpha value is -1.24. The molecule has 3 rings (SSSR count). The van der Waals surface area contributed by atoms with Gasteiger partial charge in [-0.15, -0.1) is 10.2 Å². The van der Waals surface area contributed by atoms with Crippen LogP contribution < -0.4 is 5.84 Å². The van der Waals surface area contributed by atoms with Crippen LogP contribution in [0.25, 0.3) is 0 Å². The van der Waals surface area contributed by atoms with Crippen molar-refractivity contribution in [1.82, 2.24) is 19.8 Å². The van der Waals surface area contributed by atoms with Gasteiger partial charge in [0.05, 0.1) is 5.75 Å². The van der Waals surface area contributed by atoms with Crippen LogP contribution in [-0.2, 0) is 4.79 Å². The van der Waals surface area contributed by atoms with Crippen molar-refractivity contribution in [2.75, 3.05) is 18.1 Å². The number of aryl methyl sites for hydroxylation is 1. The fraction of sp³-hybridized carbons (Fsp3) is 0.800. The van der Waals surface area contributed by atoms with Crippen molar-refractivity contribution < 1.29 is 4.79 Å². The first kappa shape index (κ1) is 15.6. The average molecular weight is 323 g/mol. The van der Waals surface area contributed by atoms with Gasteiger partial charge in [-0.2, -0.15) is 0 Å². The van der Waals surface area contributed by atoms with E-state index in [-0.39, 0.29) is 11.3 Å². The second kappa shape index (κ2) is 5.15. The number of likely N-dealkylation sites (tertiary alicyclic amines) is 1. The van der Waals surface area contributed by atoms with Crippen LogP contribution in [0.1, 0.15) is 45.9 Å². The number of nitrogens with zero attached hydrogens (tertiary/aromatic N) is 4. The summed E-state index contributed by atoms with van der Waals surface area (Å²) in [5.74, 6) is 7.05. The van der Waals surface area contributed by atoms with E-state index in [2.05, 4.69) is 35.9 Å². The van der Waals surface area contributed by atoms with Crippen molar-refractivity contribution in [2.24, 2.45) is 10.8 Å². The SMILES string of the molecule is Cc1nnc(SCC(=O)N2C[C@]3(C)C[C@H]2CC(C)(C)C3)n1N. The third kappa shape index (κ3) is 2.83. The molecule has 2 atom stereocenters. The van der Waals surface area contributed by atoms with Gasteiger partial charge in [-0.3, -0.25) is 4.79 Å². The first-order valence-corrected chi connectivity index (χ1v) is 8.77. The molecule has 122 valence electrons. The molecule has 1 aromatic heterocycles. The van der Waals surface area contributed by atoms with E-state index < -0.39 is 0 Å². The molecule has 1 saturated heterocycles. The predicted molar refractivity (Wildman–Crippen MR) is 86.9 cm³/mol. The number of thioether (sulfide) groups is 1. The van der Waals surface area contributed by atoms with Gasteiger partial charge in [0, 0.05) is 12.6 Å². The molecule has 1 amide bonds. The van der Waals surface area contributed by atoms with E-state index in [9.17, 15) is 4.79 Å². The summed E-state index contributed by atoms with van der Waals surface area (Å²) >= 11 is 1.37. The zero-order chi connectivity index (χ0) is 16.1. The molecular formula is C15H25N5OS. The Kier molecular flexibility index (Phi) is 3.66. The van der Waals surface area contributed by atoms with Gasteiger partial charge in [-0.25, -0.2) is 4.68 Å². The van der Waals surface area contributed by atoms with Crippen molar-refractivity contribution in [3.8, 4) is 0 Å². The predicted octanol–water partition coefficient (Wildman–Crippen LogP) is 1.82. The number of carbonyl (C=O) groups is 1. The molecule has 6 nitrogen and oxygen atoms in total. The Balaban J connectivity index is 1.65. The maximum atomic E-state index is 12.6. The number of hydrogen-bond donors (Lipinski definition) is 1. The van der Waals surface area contributed by atoms with Gasteiger partial charge in [0.25, 0.3) is 0 Å². The molecule has 1 saturated carbocycles. The number of rotatable bonds is 3. The van der Waals surface area contributed by atoms with E-state index >= 15 is 0 Å². The zero-order valence-corrected chi connectivity index (χ0v) is 14.6. The number of aromatic nitrogens is 3. The molecule has 0 unspecified atom stereocenters. The van der Waals surface area contributed by atoms with Gasteiger partial charge in [0.1, 0.15) is 5.82 Å². The molecule has 0 aromatic carbocycles. The second-order valence-electron chi connectivity index (χ2n) is 7.92. The van der Waals surface area contributed by atoms with Gasteiger partial charge in [0.15, 0.2) is 0 Å². The lowest BCUT2D eigenvalue weighted by Gasteiger charge is -2.39. The van der Waals surface area contributed by atoms with E-state index in [1.54, 1.807) is 6.92 Å². The fourth-order valence-corrected chi connectivity index (χ4v) is 5.20. The second-order valence-corrected chi connectivity index (χ2v) is 8.87. The summed E-state index contributed by atoms with van der Waals surface area (Å²) in [5, 5.41) is 8.51. The summed E-state index contributed by atoms with van der Waals surface area (Å²) in [7, 11) is 0. The van der Waals surface area contributed by atoms with Crippen LogP contribution >= 0.6 is 11.8 Å². The van der Waals surface area contributed by atoms with Crippen molar-refractivity contribution >= 4 is 17.7 Å². The van der Waals surface area contributed by atoms with Crippen molar-refractivity contribution in [2.45, 2.75) is 58.2 Å². The highest BCUT2D eigenvalue weighted by atomic mass is 32.2. The molecule has 2 heterocycles. The normalized spacial score (nSPS) is 29.8. The molecule has 2 N–H and O–H groups in total. The maximum absolute atomic E-state index is 12.6.